The van der Waals surface area contributed by atoms with Gasteiger partial charge in [0.2, 0.25) is 11.8 Å². The lowest BCUT2D eigenvalue weighted by atomic mass is 10.00. The van der Waals surface area contributed by atoms with E-state index >= 15 is 0 Å². The van der Waals surface area contributed by atoms with Crippen molar-refractivity contribution in [3.05, 3.63) is 106 Å². The molecule has 0 aliphatic rings. The maximum Gasteiger partial charge on any atom is 0.243 e. The van der Waals surface area contributed by atoms with Crippen molar-refractivity contribution in [2.75, 3.05) is 0 Å². The summed E-state index contributed by atoms with van der Waals surface area (Å²) in [6, 6.07) is 24.9. The van der Waals surface area contributed by atoms with Crippen molar-refractivity contribution in [2.45, 2.75) is 65.1 Å². The highest BCUT2D eigenvalue weighted by Gasteiger charge is 2.31. The van der Waals surface area contributed by atoms with Crippen molar-refractivity contribution in [1.82, 2.24) is 10.2 Å². The monoisotopic (exact) mass is 490 g/mol. The number of aryl methyl sites for hydroxylation is 2. The molecule has 4 nitrogen and oxygen atoms in total. The Morgan fingerprint density at radius 3 is 2.20 bits per heavy atom. The van der Waals surface area contributed by atoms with Crippen molar-refractivity contribution < 1.29 is 9.59 Å². The van der Waals surface area contributed by atoms with E-state index in [1.54, 1.807) is 4.90 Å². The van der Waals surface area contributed by atoms with E-state index in [0.717, 1.165) is 28.7 Å². The Bertz CT molecular complexity index is 1120. The Kier molecular flexibility index (Phi) is 9.92. The lowest BCUT2D eigenvalue weighted by Gasteiger charge is -2.33. The molecule has 0 aromatic heterocycles. The van der Waals surface area contributed by atoms with E-state index in [2.05, 4.69) is 5.32 Å². The number of nitrogens with one attached hydrogen (secondary N) is 1. The first-order valence-corrected chi connectivity index (χ1v) is 12.7. The topological polar surface area (TPSA) is 49.4 Å². The third-order valence-corrected chi connectivity index (χ3v) is 6.81. The molecule has 0 heterocycles. The number of carbonyl (C=O) groups excluding carboxylic acids is 2. The normalized spacial score (nSPS) is 12.6. The molecule has 0 saturated carbocycles. The summed E-state index contributed by atoms with van der Waals surface area (Å²) < 4.78 is 0. The number of rotatable bonds is 11. The van der Waals surface area contributed by atoms with Crippen LogP contribution in [0.1, 0.15) is 48.9 Å². The van der Waals surface area contributed by atoms with Crippen molar-refractivity contribution in [3.8, 4) is 0 Å². The highest BCUT2D eigenvalue weighted by atomic mass is 35.5. The number of benzene rings is 3. The van der Waals surface area contributed by atoms with Crippen LogP contribution in [0.5, 0.6) is 0 Å². The van der Waals surface area contributed by atoms with Gasteiger partial charge in [0.15, 0.2) is 0 Å². The number of hydrogen-bond acceptors (Lipinski definition) is 2. The third kappa shape index (κ3) is 7.69. The van der Waals surface area contributed by atoms with Crippen molar-refractivity contribution in [3.63, 3.8) is 0 Å². The SMILES string of the molecule is CCC(C)NC(=O)C(Cc1ccccc1)N(Cc1ccccc1C)C(=O)CCc1ccccc1Cl. The maximum atomic E-state index is 13.7. The molecule has 5 heteroatoms. The molecule has 2 unspecified atom stereocenters. The lowest BCUT2D eigenvalue weighted by Crippen LogP contribution is -2.52. The number of halogens is 1. The zero-order chi connectivity index (χ0) is 25.2. The van der Waals surface area contributed by atoms with Gasteiger partial charge in [0, 0.05) is 30.5 Å². The average molecular weight is 491 g/mol. The molecule has 184 valence electrons. The number of nitrogens with zero attached hydrogens (tertiary/aromatic N) is 1. The van der Waals surface area contributed by atoms with Crippen LogP contribution >= 0.6 is 11.6 Å². The quantitative estimate of drug-likeness (QED) is 0.351. The van der Waals surface area contributed by atoms with E-state index in [4.69, 9.17) is 11.6 Å². The van der Waals surface area contributed by atoms with Gasteiger partial charge in [-0.15, -0.1) is 0 Å². The maximum absolute atomic E-state index is 13.7. The van der Waals surface area contributed by atoms with Gasteiger partial charge in [-0.25, -0.2) is 0 Å². The van der Waals surface area contributed by atoms with Crippen molar-refractivity contribution in [1.29, 1.82) is 0 Å². The predicted molar refractivity (Wildman–Crippen MR) is 143 cm³/mol. The fraction of sp³-hybridized carbons (Fsp3) is 0.333. The Morgan fingerprint density at radius 1 is 0.914 bits per heavy atom. The van der Waals surface area contributed by atoms with Crippen LogP contribution in [0.25, 0.3) is 0 Å². The molecule has 1 N–H and O–H groups in total. The van der Waals surface area contributed by atoms with E-state index in [1.807, 2.05) is 99.6 Å². The van der Waals surface area contributed by atoms with Crippen LogP contribution in [-0.2, 0) is 29.0 Å². The highest BCUT2D eigenvalue weighted by Crippen LogP contribution is 2.21. The minimum Gasteiger partial charge on any atom is -0.352 e. The molecule has 35 heavy (non-hydrogen) atoms. The number of hydrogen-bond donors (Lipinski definition) is 1. The molecule has 0 fully saturated rings. The van der Waals surface area contributed by atoms with Crippen LogP contribution in [0.4, 0.5) is 0 Å². The lowest BCUT2D eigenvalue weighted by molar-refractivity contribution is -0.141. The van der Waals surface area contributed by atoms with E-state index < -0.39 is 6.04 Å². The Morgan fingerprint density at radius 2 is 1.54 bits per heavy atom. The third-order valence-electron chi connectivity index (χ3n) is 6.44. The first-order valence-electron chi connectivity index (χ1n) is 12.3. The highest BCUT2D eigenvalue weighted by molar-refractivity contribution is 6.31. The van der Waals surface area contributed by atoms with Crippen LogP contribution in [0.2, 0.25) is 5.02 Å². The van der Waals surface area contributed by atoms with E-state index in [9.17, 15) is 9.59 Å². The minimum atomic E-state index is -0.621. The van der Waals surface area contributed by atoms with Gasteiger partial charge in [0.05, 0.1) is 0 Å². The van der Waals surface area contributed by atoms with Gasteiger partial charge in [-0.1, -0.05) is 91.3 Å². The van der Waals surface area contributed by atoms with Gasteiger partial charge in [0.1, 0.15) is 6.04 Å². The Balaban J connectivity index is 1.93. The summed E-state index contributed by atoms with van der Waals surface area (Å²) in [6.45, 7) is 6.44. The molecule has 0 spiro atoms. The standard InChI is InChI=1S/C30H35ClN2O2/c1-4-23(3)32-30(35)28(20-24-13-6-5-7-14-24)33(21-26-16-9-8-12-22(26)2)29(34)19-18-25-15-10-11-17-27(25)31/h5-17,23,28H,4,18-21H2,1-3H3,(H,32,35). The number of carbonyl (C=O) groups is 2. The molecule has 3 aromatic carbocycles. The molecule has 0 bridgehead atoms. The van der Waals surface area contributed by atoms with Crippen molar-refractivity contribution >= 4 is 23.4 Å². The van der Waals surface area contributed by atoms with Crippen LogP contribution < -0.4 is 5.32 Å². The summed E-state index contributed by atoms with van der Waals surface area (Å²) in [5.41, 5.74) is 4.08. The average Bonchev–Trinajstić information content (AvgIpc) is 2.87. The Labute approximate surface area is 214 Å². The zero-order valence-electron chi connectivity index (χ0n) is 20.8. The van der Waals surface area contributed by atoms with E-state index in [1.165, 1.54) is 0 Å². The molecular weight excluding hydrogens is 456 g/mol. The fourth-order valence-corrected chi connectivity index (χ4v) is 4.28. The van der Waals surface area contributed by atoms with Gasteiger partial charge in [0.25, 0.3) is 0 Å². The minimum absolute atomic E-state index is 0.0271. The fourth-order valence-electron chi connectivity index (χ4n) is 4.05. The number of amides is 2. The molecule has 0 aliphatic heterocycles. The smallest absolute Gasteiger partial charge is 0.243 e. The van der Waals surface area contributed by atoms with Crippen LogP contribution in [-0.4, -0.2) is 28.8 Å². The van der Waals surface area contributed by atoms with Crippen LogP contribution in [0, 0.1) is 6.92 Å². The molecule has 2 atom stereocenters. The first kappa shape index (κ1) is 26.5. The second kappa shape index (κ2) is 13.1. The van der Waals surface area contributed by atoms with Gasteiger partial charge in [-0.3, -0.25) is 9.59 Å². The van der Waals surface area contributed by atoms with Crippen LogP contribution in [0.3, 0.4) is 0 Å². The largest absolute Gasteiger partial charge is 0.352 e. The van der Waals surface area contributed by atoms with Gasteiger partial charge >= 0.3 is 0 Å². The molecule has 0 aliphatic carbocycles. The van der Waals surface area contributed by atoms with E-state index in [-0.39, 0.29) is 24.3 Å². The predicted octanol–water partition coefficient (Wildman–Crippen LogP) is 6.14. The summed E-state index contributed by atoms with van der Waals surface area (Å²) in [7, 11) is 0. The second-order valence-corrected chi connectivity index (χ2v) is 9.47. The Hall–Kier alpha value is -3.11. The molecule has 3 aromatic rings. The summed E-state index contributed by atoms with van der Waals surface area (Å²) in [5.74, 6) is -0.184. The first-order chi connectivity index (χ1) is 16.9. The zero-order valence-corrected chi connectivity index (χ0v) is 21.6. The van der Waals surface area contributed by atoms with Gasteiger partial charge < -0.3 is 10.2 Å². The molecular formula is C30H35ClN2O2. The molecule has 2 amide bonds. The molecule has 3 rings (SSSR count). The summed E-state index contributed by atoms with van der Waals surface area (Å²) in [4.78, 5) is 29.0. The second-order valence-electron chi connectivity index (χ2n) is 9.06. The van der Waals surface area contributed by atoms with Crippen LogP contribution in [0.15, 0.2) is 78.9 Å². The summed E-state index contributed by atoms with van der Waals surface area (Å²) >= 11 is 6.34. The van der Waals surface area contributed by atoms with Crippen molar-refractivity contribution in [2.24, 2.45) is 0 Å². The summed E-state index contributed by atoms with van der Waals surface area (Å²) in [5, 5.41) is 3.77. The molecule has 0 radical (unpaired) electrons. The molecule has 0 saturated heterocycles. The summed E-state index contributed by atoms with van der Waals surface area (Å²) in [6.07, 6.45) is 2.07. The van der Waals surface area contributed by atoms with Gasteiger partial charge in [-0.05, 0) is 55.0 Å². The van der Waals surface area contributed by atoms with E-state index in [0.29, 0.717) is 24.4 Å². The van der Waals surface area contributed by atoms with Gasteiger partial charge in [-0.2, -0.15) is 0 Å².